The molecule has 1 aromatic carbocycles. The Morgan fingerprint density at radius 1 is 1.26 bits per heavy atom. The molecule has 27 heavy (non-hydrogen) atoms. The smallest absolute Gasteiger partial charge is 0.338 e. The molecule has 0 saturated heterocycles. The van der Waals surface area contributed by atoms with Crippen molar-refractivity contribution in [1.82, 2.24) is 10.1 Å². The van der Waals surface area contributed by atoms with Gasteiger partial charge in [-0.2, -0.15) is 16.3 Å². The third kappa shape index (κ3) is 4.85. The maximum Gasteiger partial charge on any atom is 0.338 e. The van der Waals surface area contributed by atoms with Crippen molar-refractivity contribution >= 4 is 17.3 Å². The summed E-state index contributed by atoms with van der Waals surface area (Å²) in [5.41, 5.74) is 1.21. The quantitative estimate of drug-likeness (QED) is 0.535. The van der Waals surface area contributed by atoms with Crippen LogP contribution in [0.1, 0.15) is 30.1 Å². The van der Waals surface area contributed by atoms with Gasteiger partial charge in [0, 0.05) is 10.9 Å². The summed E-state index contributed by atoms with van der Waals surface area (Å²) < 4.78 is 21.4. The molecule has 0 amide bonds. The van der Waals surface area contributed by atoms with Gasteiger partial charge >= 0.3 is 5.97 Å². The Kier molecular flexibility index (Phi) is 6.08. The van der Waals surface area contributed by atoms with Crippen LogP contribution in [0.4, 0.5) is 0 Å². The standard InChI is InChI=1S/C19H20N2O5S/c1-12(2)9-24-15-5-4-13(8-16(15)23-3)19(22)25-10-17-20-18(21-26-17)14-6-7-27-11-14/h4-8,11-12H,9-10H2,1-3H3. The zero-order chi connectivity index (χ0) is 19.2. The van der Waals surface area contributed by atoms with E-state index in [1.807, 2.05) is 16.8 Å². The molecule has 0 saturated carbocycles. The normalized spacial score (nSPS) is 10.8. The van der Waals surface area contributed by atoms with E-state index in [1.54, 1.807) is 18.2 Å². The van der Waals surface area contributed by atoms with E-state index in [9.17, 15) is 4.79 Å². The van der Waals surface area contributed by atoms with Crippen LogP contribution in [0.25, 0.3) is 11.4 Å². The van der Waals surface area contributed by atoms with Crippen molar-refractivity contribution in [3.63, 3.8) is 0 Å². The summed E-state index contributed by atoms with van der Waals surface area (Å²) in [6.07, 6.45) is 0. The molecule has 3 rings (SSSR count). The number of benzene rings is 1. The molecule has 0 unspecified atom stereocenters. The summed E-state index contributed by atoms with van der Waals surface area (Å²) in [6.45, 7) is 4.56. The first-order valence-electron chi connectivity index (χ1n) is 8.40. The number of rotatable bonds is 8. The molecule has 0 atom stereocenters. The highest BCUT2D eigenvalue weighted by Crippen LogP contribution is 2.29. The molecule has 0 bridgehead atoms. The second-order valence-electron chi connectivity index (χ2n) is 6.17. The van der Waals surface area contributed by atoms with E-state index < -0.39 is 5.97 Å². The predicted octanol–water partition coefficient (Wildman–Crippen LogP) is 4.20. The van der Waals surface area contributed by atoms with Crippen LogP contribution in [0.5, 0.6) is 11.5 Å². The van der Waals surface area contributed by atoms with Gasteiger partial charge < -0.3 is 18.7 Å². The van der Waals surface area contributed by atoms with Crippen molar-refractivity contribution in [2.45, 2.75) is 20.5 Å². The number of methoxy groups -OCH3 is 1. The van der Waals surface area contributed by atoms with Crippen molar-refractivity contribution in [1.29, 1.82) is 0 Å². The van der Waals surface area contributed by atoms with Gasteiger partial charge in [-0.1, -0.05) is 19.0 Å². The Morgan fingerprint density at radius 3 is 2.81 bits per heavy atom. The molecule has 2 heterocycles. The summed E-state index contributed by atoms with van der Waals surface area (Å²) >= 11 is 1.54. The van der Waals surface area contributed by atoms with E-state index in [1.165, 1.54) is 18.4 Å². The van der Waals surface area contributed by atoms with Gasteiger partial charge in [0.15, 0.2) is 18.1 Å². The maximum absolute atomic E-state index is 12.3. The van der Waals surface area contributed by atoms with E-state index in [4.69, 9.17) is 18.7 Å². The molecule has 2 aromatic heterocycles. The van der Waals surface area contributed by atoms with Crippen molar-refractivity contribution in [3.8, 4) is 22.9 Å². The lowest BCUT2D eigenvalue weighted by Gasteiger charge is -2.13. The number of aromatic nitrogens is 2. The summed E-state index contributed by atoms with van der Waals surface area (Å²) in [6, 6.07) is 6.80. The molecular formula is C19H20N2O5S. The van der Waals surface area contributed by atoms with Crippen molar-refractivity contribution in [2.24, 2.45) is 5.92 Å². The zero-order valence-electron chi connectivity index (χ0n) is 15.3. The third-order valence-electron chi connectivity index (χ3n) is 3.55. The average Bonchev–Trinajstić information content (AvgIpc) is 3.35. The third-order valence-corrected chi connectivity index (χ3v) is 4.23. The summed E-state index contributed by atoms with van der Waals surface area (Å²) in [5.74, 6) is 1.62. The Bertz CT molecular complexity index is 889. The van der Waals surface area contributed by atoms with Crippen molar-refractivity contribution in [3.05, 3.63) is 46.5 Å². The fourth-order valence-corrected chi connectivity index (χ4v) is 2.84. The average molecular weight is 388 g/mol. The van der Waals surface area contributed by atoms with Crippen LogP contribution in [0.15, 0.2) is 39.5 Å². The molecule has 0 N–H and O–H groups in total. The van der Waals surface area contributed by atoms with Crippen molar-refractivity contribution < 1.29 is 23.5 Å². The fraction of sp³-hybridized carbons (Fsp3) is 0.316. The number of thiophene rings is 1. The van der Waals surface area contributed by atoms with E-state index in [2.05, 4.69) is 24.0 Å². The van der Waals surface area contributed by atoms with Crippen LogP contribution in [-0.2, 0) is 11.3 Å². The Hall–Kier alpha value is -2.87. The molecule has 8 heteroatoms. The monoisotopic (exact) mass is 388 g/mol. The highest BCUT2D eigenvalue weighted by molar-refractivity contribution is 7.08. The van der Waals surface area contributed by atoms with Gasteiger partial charge in [-0.05, 0) is 35.6 Å². The Labute approximate surface area is 160 Å². The molecule has 0 aliphatic rings. The number of carbonyl (C=O) groups excluding carboxylic acids is 1. The first-order valence-corrected chi connectivity index (χ1v) is 9.34. The maximum atomic E-state index is 12.3. The predicted molar refractivity (Wildman–Crippen MR) is 100 cm³/mol. The molecule has 0 spiro atoms. The number of carbonyl (C=O) groups is 1. The topological polar surface area (TPSA) is 83.7 Å². The fourth-order valence-electron chi connectivity index (χ4n) is 2.20. The lowest BCUT2D eigenvalue weighted by atomic mass is 10.2. The summed E-state index contributed by atoms with van der Waals surface area (Å²) in [5, 5.41) is 7.71. The molecule has 0 aliphatic heterocycles. The number of nitrogens with zero attached hydrogens (tertiary/aromatic N) is 2. The lowest BCUT2D eigenvalue weighted by Crippen LogP contribution is -2.08. The first-order chi connectivity index (χ1) is 13.1. The van der Waals surface area contributed by atoms with Gasteiger partial charge in [0.25, 0.3) is 5.89 Å². The summed E-state index contributed by atoms with van der Waals surface area (Å²) in [7, 11) is 1.52. The highest BCUT2D eigenvalue weighted by atomic mass is 32.1. The van der Waals surface area contributed by atoms with Crippen LogP contribution < -0.4 is 9.47 Å². The Balaban J connectivity index is 1.62. The second kappa shape index (κ2) is 8.68. The van der Waals surface area contributed by atoms with Gasteiger partial charge in [0.1, 0.15) is 0 Å². The van der Waals surface area contributed by atoms with E-state index >= 15 is 0 Å². The zero-order valence-corrected chi connectivity index (χ0v) is 16.1. The number of esters is 1. The van der Waals surface area contributed by atoms with Crippen LogP contribution in [0, 0.1) is 5.92 Å². The van der Waals surface area contributed by atoms with Crippen molar-refractivity contribution in [2.75, 3.05) is 13.7 Å². The largest absolute Gasteiger partial charge is 0.493 e. The minimum Gasteiger partial charge on any atom is -0.493 e. The van der Waals surface area contributed by atoms with E-state index in [-0.39, 0.29) is 12.5 Å². The number of hydrogen-bond acceptors (Lipinski definition) is 8. The van der Waals surface area contributed by atoms with Gasteiger partial charge in [-0.15, -0.1) is 0 Å². The molecule has 0 fully saturated rings. The van der Waals surface area contributed by atoms with E-state index in [0.717, 1.165) is 5.56 Å². The number of hydrogen-bond donors (Lipinski definition) is 0. The van der Waals surface area contributed by atoms with Gasteiger partial charge in [0.2, 0.25) is 5.82 Å². The molecule has 3 aromatic rings. The molecule has 7 nitrogen and oxygen atoms in total. The first kappa shape index (κ1) is 18.9. The van der Waals surface area contributed by atoms with Gasteiger partial charge in [-0.3, -0.25) is 0 Å². The molecule has 0 aliphatic carbocycles. The van der Waals surface area contributed by atoms with E-state index in [0.29, 0.717) is 35.4 Å². The number of ether oxygens (including phenoxy) is 3. The van der Waals surface area contributed by atoms with Gasteiger partial charge in [-0.25, -0.2) is 4.79 Å². The second-order valence-corrected chi connectivity index (χ2v) is 6.95. The minimum absolute atomic E-state index is 0.107. The van der Waals surface area contributed by atoms with Crippen LogP contribution in [0.3, 0.4) is 0 Å². The summed E-state index contributed by atoms with van der Waals surface area (Å²) in [4.78, 5) is 16.5. The minimum atomic E-state index is -0.515. The molecule has 142 valence electrons. The lowest BCUT2D eigenvalue weighted by molar-refractivity contribution is 0.0429. The Morgan fingerprint density at radius 2 is 2.11 bits per heavy atom. The van der Waals surface area contributed by atoms with Crippen LogP contribution >= 0.6 is 11.3 Å². The highest BCUT2D eigenvalue weighted by Gasteiger charge is 2.15. The molecular weight excluding hydrogens is 368 g/mol. The molecule has 0 radical (unpaired) electrons. The van der Waals surface area contributed by atoms with Crippen LogP contribution in [-0.4, -0.2) is 29.8 Å². The van der Waals surface area contributed by atoms with Crippen LogP contribution in [0.2, 0.25) is 0 Å². The SMILES string of the molecule is COc1cc(C(=O)OCc2nc(-c3ccsc3)no2)ccc1OCC(C)C. The van der Waals surface area contributed by atoms with Gasteiger partial charge in [0.05, 0.1) is 19.3 Å².